The van der Waals surface area contributed by atoms with Gasteiger partial charge >= 0.3 is 65.7 Å². The van der Waals surface area contributed by atoms with Crippen LogP contribution in [-0.2, 0) is 114 Å². The van der Waals surface area contributed by atoms with Gasteiger partial charge in [-0.25, -0.2) is 43.2 Å². The van der Waals surface area contributed by atoms with Crippen LogP contribution in [0.4, 0.5) is 0 Å². The van der Waals surface area contributed by atoms with Crippen molar-refractivity contribution in [2.45, 2.75) is 164 Å². The number of hydrogen-bond acceptors (Lipinski definition) is 24. The summed E-state index contributed by atoms with van der Waals surface area (Å²) in [5, 5.41) is 0. The summed E-state index contributed by atoms with van der Waals surface area (Å²) >= 11 is 0. The van der Waals surface area contributed by atoms with E-state index in [1.165, 1.54) is 13.8 Å². The molecule has 0 aliphatic heterocycles. The summed E-state index contributed by atoms with van der Waals surface area (Å²) in [4.78, 5) is 142. The number of esters is 11. The van der Waals surface area contributed by atoms with E-state index in [-0.39, 0.29) is 129 Å². The van der Waals surface area contributed by atoms with Crippen molar-refractivity contribution < 1.29 is 114 Å². The number of carbonyl (C=O) groups is 12. The lowest BCUT2D eigenvalue weighted by atomic mass is 9.83. The standard InChI is InChI=1S/C31H44O11.C26H38O8.C12H20O5/c1-6-38-28(34)20(3)29(35)40-16-24-11-13-26(14-12-24)18-42-31(37)21(4)30(36)41-17-25-9-7-23(8-10-25)15-39-27(33)19(2)22(5)32;1-5-31-23(27)18(3)24(28)33-15-21-10-12-22(13-11-21)16-34-26(30)19(4)25(29)32-14-20-8-6-17(2)7-9-20;1-4-16-11(13)10(2)12(14)17-9-7-5-6-8-15-3/h21,23-26H,2-3,6-18H2,1,4-5H3;17,20-22H,3-16H2,1-2H3;2,4-9H2,1,3H3. The maximum atomic E-state index is 12.5. The molecule has 0 N–H and O–H groups in total. The molecule has 0 aromatic carbocycles. The average molecular weight is 1320 g/mol. The van der Waals surface area contributed by atoms with Gasteiger partial charge in [0.15, 0.2) is 11.7 Å². The summed E-state index contributed by atoms with van der Waals surface area (Å²) in [7, 11) is 1.64. The first kappa shape index (κ1) is 81.6. The Hall–Kier alpha value is -7.50. The van der Waals surface area contributed by atoms with Gasteiger partial charge in [-0.1, -0.05) is 52.7 Å². The van der Waals surface area contributed by atoms with E-state index in [4.69, 9.17) is 52.1 Å². The SMILES string of the molecule is C=C(C(=O)OCC)C(=O)OCC1CCC(COC(=O)C(=C)C(=O)OCC2CCC(C)CC2)CC1.C=C(C(=O)OCC)C(=O)OCCCCCOC.C=C(C(C)=O)C(=O)OCC1CCC(COC(=O)C(C)C(=O)OCC2CCC(COC(=O)C(=C)C(=O)OCC)CC2)CC1. The van der Waals surface area contributed by atoms with E-state index in [9.17, 15) is 57.5 Å². The van der Waals surface area contributed by atoms with Crippen LogP contribution in [0.25, 0.3) is 0 Å². The molecule has 0 spiro atoms. The Balaban J connectivity index is 0.000000516. The third-order valence-corrected chi connectivity index (χ3v) is 16.6. The molecule has 0 aromatic heterocycles. The molecule has 4 fully saturated rings. The number of ether oxygens (including phenoxy) is 12. The van der Waals surface area contributed by atoms with Crippen LogP contribution in [0.15, 0.2) is 60.8 Å². The summed E-state index contributed by atoms with van der Waals surface area (Å²) < 4.78 is 60.8. The summed E-state index contributed by atoms with van der Waals surface area (Å²) in [5.74, 6) is -7.33. The first-order valence-electron chi connectivity index (χ1n) is 32.6. The molecule has 0 saturated heterocycles. The van der Waals surface area contributed by atoms with Crippen molar-refractivity contribution >= 4 is 71.4 Å². The van der Waals surface area contributed by atoms with Crippen LogP contribution in [0.2, 0.25) is 0 Å². The Morgan fingerprint density at radius 2 is 0.548 bits per heavy atom. The van der Waals surface area contributed by atoms with E-state index >= 15 is 0 Å². The second-order valence-electron chi connectivity index (χ2n) is 24.1. The summed E-state index contributed by atoms with van der Waals surface area (Å²) in [5.41, 5.74) is -1.33. The lowest BCUT2D eigenvalue weighted by molar-refractivity contribution is -0.164. The number of unbranched alkanes of at least 4 members (excludes halogenated alkanes) is 2. The van der Waals surface area contributed by atoms with Gasteiger partial charge in [-0.2, -0.15) is 0 Å². The quantitative estimate of drug-likeness (QED) is 0.0143. The average Bonchev–Trinajstić information content (AvgIpc) is 3.52. The first-order chi connectivity index (χ1) is 44.3. The van der Waals surface area contributed by atoms with Crippen LogP contribution in [0.1, 0.15) is 164 Å². The van der Waals surface area contributed by atoms with Gasteiger partial charge < -0.3 is 56.8 Å². The van der Waals surface area contributed by atoms with Crippen molar-refractivity contribution in [3.05, 3.63) is 60.8 Å². The minimum absolute atomic E-state index is 0.140. The Bertz CT molecular complexity index is 2530. The van der Waals surface area contributed by atoms with Crippen LogP contribution in [0, 0.1) is 53.3 Å². The maximum Gasteiger partial charge on any atom is 0.344 e. The van der Waals surface area contributed by atoms with Crippen LogP contribution < -0.4 is 0 Å². The fraction of sp³-hybridized carbons (Fsp3) is 0.681. The van der Waals surface area contributed by atoms with Gasteiger partial charge in [0, 0.05) is 13.7 Å². The van der Waals surface area contributed by atoms with E-state index in [1.54, 1.807) is 27.9 Å². The molecule has 4 aliphatic rings. The minimum Gasteiger partial charge on any atom is -0.465 e. The molecule has 1 unspecified atom stereocenters. The molecule has 0 aromatic rings. The molecule has 0 radical (unpaired) electrons. The monoisotopic (exact) mass is 1310 g/mol. The lowest BCUT2D eigenvalue weighted by Gasteiger charge is -2.28. The van der Waals surface area contributed by atoms with Crippen LogP contribution in [0.5, 0.6) is 0 Å². The third-order valence-electron chi connectivity index (χ3n) is 16.6. The minimum atomic E-state index is -1.03. The molecule has 522 valence electrons. The fourth-order valence-corrected chi connectivity index (χ4v) is 10.2. The molecule has 0 heterocycles. The highest BCUT2D eigenvalue weighted by atomic mass is 16.6. The van der Waals surface area contributed by atoms with E-state index in [0.29, 0.717) is 19.1 Å². The second-order valence-corrected chi connectivity index (χ2v) is 24.1. The van der Waals surface area contributed by atoms with E-state index in [1.807, 2.05) is 0 Å². The molecule has 24 nitrogen and oxygen atoms in total. The van der Waals surface area contributed by atoms with Crippen LogP contribution in [0.3, 0.4) is 0 Å². The zero-order valence-electron chi connectivity index (χ0n) is 55.9. The Morgan fingerprint density at radius 3 is 0.806 bits per heavy atom. The Kier molecular flexibility index (Phi) is 40.1. The highest BCUT2D eigenvalue weighted by molar-refractivity contribution is 6.16. The van der Waals surface area contributed by atoms with E-state index in [0.717, 1.165) is 128 Å². The van der Waals surface area contributed by atoms with Gasteiger partial charge in [-0.15, -0.1) is 0 Å². The number of ketones is 1. The van der Waals surface area contributed by atoms with E-state index < -0.39 is 77.4 Å². The van der Waals surface area contributed by atoms with Crippen LogP contribution in [-0.4, -0.2) is 158 Å². The molecule has 4 saturated carbocycles. The lowest BCUT2D eigenvalue weighted by Crippen LogP contribution is -2.30. The molecule has 4 aliphatic carbocycles. The molecule has 93 heavy (non-hydrogen) atoms. The number of Topliss-reactive ketones (excluding diaryl/α,β-unsaturated/α-hetero) is 1. The summed E-state index contributed by atoms with van der Waals surface area (Å²) in [6.07, 6.45) is 16.4. The Morgan fingerprint density at radius 1 is 0.323 bits per heavy atom. The molecule has 0 amide bonds. The van der Waals surface area contributed by atoms with Gasteiger partial charge in [-0.3, -0.25) is 14.4 Å². The van der Waals surface area contributed by atoms with Gasteiger partial charge in [0.2, 0.25) is 0 Å². The van der Waals surface area contributed by atoms with Crippen molar-refractivity contribution in [3.63, 3.8) is 0 Å². The van der Waals surface area contributed by atoms with Crippen molar-refractivity contribution in [2.24, 2.45) is 53.3 Å². The predicted molar refractivity (Wildman–Crippen MR) is 336 cm³/mol. The second kappa shape index (κ2) is 45.7. The number of hydrogen-bond donors (Lipinski definition) is 0. The molecule has 0 bridgehead atoms. The summed E-state index contributed by atoms with van der Waals surface area (Å²) in [6.45, 7) is 30.1. The van der Waals surface area contributed by atoms with Gasteiger partial charge in [0.05, 0.1) is 78.2 Å². The normalized spacial score (nSPS) is 20.9. The van der Waals surface area contributed by atoms with Crippen molar-refractivity contribution in [1.29, 1.82) is 0 Å². The van der Waals surface area contributed by atoms with Crippen molar-refractivity contribution in [1.82, 2.24) is 0 Å². The highest BCUT2D eigenvalue weighted by Crippen LogP contribution is 2.33. The molecular formula is C69H102O24. The van der Waals surface area contributed by atoms with Crippen molar-refractivity contribution in [3.8, 4) is 0 Å². The maximum absolute atomic E-state index is 12.5. The first-order valence-corrected chi connectivity index (χ1v) is 32.6. The zero-order chi connectivity index (χ0) is 69.4. The largest absolute Gasteiger partial charge is 0.465 e. The zero-order valence-corrected chi connectivity index (χ0v) is 55.9. The van der Waals surface area contributed by atoms with Gasteiger partial charge in [0.1, 0.15) is 22.3 Å². The van der Waals surface area contributed by atoms with Crippen LogP contribution >= 0.6 is 0 Å². The fourth-order valence-electron chi connectivity index (χ4n) is 10.2. The topological polar surface area (TPSA) is 316 Å². The van der Waals surface area contributed by atoms with Gasteiger partial charge in [-0.05, 0) is 191 Å². The molecular weight excluding hydrogens is 1210 g/mol. The van der Waals surface area contributed by atoms with Gasteiger partial charge in [0.25, 0.3) is 0 Å². The predicted octanol–water partition coefficient (Wildman–Crippen LogP) is 9.06. The molecule has 1 atom stereocenters. The number of methoxy groups -OCH3 is 1. The highest BCUT2D eigenvalue weighted by Gasteiger charge is 2.32. The van der Waals surface area contributed by atoms with E-state index in [2.05, 4.69) is 44.6 Å². The smallest absolute Gasteiger partial charge is 0.344 e. The number of rotatable bonds is 35. The molecule has 4 rings (SSSR count). The molecule has 24 heteroatoms. The third kappa shape index (κ3) is 32.8. The number of carbonyl (C=O) groups excluding carboxylic acids is 12. The van der Waals surface area contributed by atoms with Crippen molar-refractivity contribution in [2.75, 3.05) is 86.4 Å². The Labute approximate surface area is 547 Å². The summed E-state index contributed by atoms with van der Waals surface area (Å²) in [6, 6.07) is 0.